The smallest absolute Gasteiger partial charge is 0.248 e. The minimum atomic E-state index is 0.515. The summed E-state index contributed by atoms with van der Waals surface area (Å²) in [5.74, 6) is 0. The molecule has 34 valence electrons. The molecule has 5 heteroatoms. The van der Waals surface area contributed by atoms with Gasteiger partial charge in [0, 0.05) is 0 Å². The maximum Gasteiger partial charge on any atom is 0.248 e. The fourth-order valence-corrected chi connectivity index (χ4v) is 0.117. The summed E-state index contributed by atoms with van der Waals surface area (Å²) in [6.07, 6.45) is 1.18. The van der Waals surface area contributed by atoms with E-state index < -0.39 is 0 Å². The lowest BCUT2D eigenvalue weighted by molar-refractivity contribution is 0.258. The molecule has 0 saturated carbocycles. The van der Waals surface area contributed by atoms with E-state index in [2.05, 4.69) is 4.40 Å². The lowest BCUT2D eigenvalue weighted by atomic mass is 11.7. The van der Waals surface area contributed by atoms with Crippen LogP contribution in [0, 0.1) is 0 Å². The molecule has 4 nitrogen and oxygen atoms in total. The van der Waals surface area contributed by atoms with E-state index in [-0.39, 0.29) is 0 Å². The molecule has 2 N–H and O–H groups in total. The van der Waals surface area contributed by atoms with Crippen molar-refractivity contribution < 1.29 is 10.0 Å². The summed E-state index contributed by atoms with van der Waals surface area (Å²) in [5, 5.41) is 7.64. The standard InChI is InChI=1S/CH2N2O2S/c4-1-2-6-3-5/h3,5H. The number of hydrogen-bond acceptors (Lipinski definition) is 5. The van der Waals surface area contributed by atoms with Crippen LogP contribution in [0.3, 0.4) is 0 Å². The van der Waals surface area contributed by atoms with Gasteiger partial charge in [0.1, 0.15) is 0 Å². The van der Waals surface area contributed by atoms with Crippen LogP contribution in [0.2, 0.25) is 0 Å². The Kier molecular flexibility index (Phi) is 4.38. The van der Waals surface area contributed by atoms with Gasteiger partial charge in [0.05, 0.1) is 12.1 Å². The summed E-state index contributed by atoms with van der Waals surface area (Å²) in [6, 6.07) is 0. The van der Waals surface area contributed by atoms with Crippen molar-refractivity contribution in [2.45, 2.75) is 0 Å². The topological polar surface area (TPSA) is 61.7 Å². The van der Waals surface area contributed by atoms with Gasteiger partial charge in [0.2, 0.25) is 6.08 Å². The van der Waals surface area contributed by atoms with E-state index in [9.17, 15) is 0 Å². The SMILES string of the molecule is O=C=NSNO. The third-order valence-corrected chi connectivity index (χ3v) is 0.371. The van der Waals surface area contributed by atoms with Gasteiger partial charge in [-0.1, -0.05) is 0 Å². The zero-order chi connectivity index (χ0) is 4.83. The van der Waals surface area contributed by atoms with Gasteiger partial charge in [-0.2, -0.15) is 0 Å². The van der Waals surface area contributed by atoms with E-state index in [4.69, 9.17) is 10.0 Å². The molecule has 0 spiro atoms. The summed E-state index contributed by atoms with van der Waals surface area (Å²) in [7, 11) is 0. The first-order valence-corrected chi connectivity index (χ1v) is 1.81. The zero-order valence-corrected chi connectivity index (χ0v) is 3.53. The second-order valence-electron chi connectivity index (χ2n) is 0.365. The normalized spacial score (nSPS) is 6.83. The molecule has 0 amide bonds. The predicted molar refractivity (Wildman–Crippen MR) is 20.6 cm³/mol. The van der Waals surface area contributed by atoms with Gasteiger partial charge in [-0.3, -0.25) is 0 Å². The van der Waals surface area contributed by atoms with Gasteiger partial charge < -0.3 is 5.21 Å². The first-order valence-electron chi connectivity index (χ1n) is 1.04. The Bertz CT molecular complexity index is 67.9. The Morgan fingerprint density at radius 1 is 2.00 bits per heavy atom. The third-order valence-electron chi connectivity index (χ3n) is 0.124. The molecule has 6 heavy (non-hydrogen) atoms. The first kappa shape index (κ1) is 5.65. The highest BCUT2D eigenvalue weighted by atomic mass is 32.2. The molecule has 0 rings (SSSR count). The van der Waals surface area contributed by atoms with Gasteiger partial charge in [-0.15, -0.1) is 9.28 Å². The van der Waals surface area contributed by atoms with Crippen molar-refractivity contribution in [2.75, 3.05) is 0 Å². The van der Waals surface area contributed by atoms with Gasteiger partial charge in [0.25, 0.3) is 0 Å². The number of isocyanates is 1. The highest BCUT2D eigenvalue weighted by molar-refractivity contribution is 7.96. The monoisotopic (exact) mass is 106 g/mol. The molecule has 0 heterocycles. The van der Waals surface area contributed by atoms with Crippen molar-refractivity contribution in [1.29, 1.82) is 0 Å². The summed E-state index contributed by atoms with van der Waals surface area (Å²) < 4.78 is 2.84. The maximum absolute atomic E-state index is 9.10. The van der Waals surface area contributed by atoms with Crippen LogP contribution >= 0.6 is 12.1 Å². The average Bonchev–Trinajstić information content (AvgIpc) is 1.61. The number of nitrogens with zero attached hydrogens (tertiary/aromatic N) is 1. The molecule has 0 bridgehead atoms. The molecule has 0 aliphatic heterocycles. The number of nitrogens with one attached hydrogen (secondary N) is 1. The van der Waals surface area contributed by atoms with Crippen LogP contribution in [0.4, 0.5) is 0 Å². The predicted octanol–water partition coefficient (Wildman–Crippen LogP) is -0.136. The summed E-state index contributed by atoms with van der Waals surface area (Å²) >= 11 is 0.515. The summed E-state index contributed by atoms with van der Waals surface area (Å²) in [4.78, 5) is 10.7. The minimum absolute atomic E-state index is 0.515. The number of hydrogen-bond donors (Lipinski definition) is 2. The largest absolute Gasteiger partial charge is 0.305 e. The molecule has 0 fully saturated rings. The highest BCUT2D eigenvalue weighted by Gasteiger charge is 1.65. The van der Waals surface area contributed by atoms with Crippen LogP contribution in [0.15, 0.2) is 4.40 Å². The fraction of sp³-hybridized carbons (Fsp3) is 0. The van der Waals surface area contributed by atoms with Crippen molar-refractivity contribution >= 4 is 18.2 Å². The van der Waals surface area contributed by atoms with Crippen molar-refractivity contribution in [3.05, 3.63) is 0 Å². The number of carbonyl (C=O) groups excluding carboxylic acids is 1. The van der Waals surface area contributed by atoms with Gasteiger partial charge in [-0.25, -0.2) is 4.79 Å². The third kappa shape index (κ3) is 3.65. The first-order chi connectivity index (χ1) is 2.91. The molecule has 0 aromatic rings. The lowest BCUT2D eigenvalue weighted by Crippen LogP contribution is -1.87. The molecule has 0 aliphatic rings. The van der Waals surface area contributed by atoms with Crippen LogP contribution in [0.5, 0.6) is 0 Å². The Labute approximate surface area is 38.5 Å². The van der Waals surface area contributed by atoms with Crippen molar-refractivity contribution in [3.8, 4) is 0 Å². The Morgan fingerprint density at radius 3 is 2.83 bits per heavy atom. The van der Waals surface area contributed by atoms with Crippen LogP contribution < -0.4 is 4.89 Å². The summed E-state index contributed by atoms with van der Waals surface area (Å²) in [6.45, 7) is 0. The quantitative estimate of drug-likeness (QED) is 0.223. The molecule has 0 saturated heterocycles. The molecule has 0 atom stereocenters. The van der Waals surface area contributed by atoms with Crippen LogP contribution in [0.1, 0.15) is 0 Å². The molecular weight excluding hydrogens is 104 g/mol. The Balaban J connectivity index is 2.86. The highest BCUT2D eigenvalue weighted by Crippen LogP contribution is 1.85. The Hall–Kier alpha value is -0.350. The maximum atomic E-state index is 9.10. The lowest BCUT2D eigenvalue weighted by Gasteiger charge is -1.74. The van der Waals surface area contributed by atoms with Crippen molar-refractivity contribution in [3.63, 3.8) is 0 Å². The zero-order valence-electron chi connectivity index (χ0n) is 2.71. The van der Waals surface area contributed by atoms with E-state index >= 15 is 0 Å². The average molecular weight is 106 g/mol. The Morgan fingerprint density at radius 2 is 2.67 bits per heavy atom. The molecule has 0 aromatic heterocycles. The molecule has 0 aliphatic carbocycles. The molecule has 0 unspecified atom stereocenters. The van der Waals surface area contributed by atoms with Crippen LogP contribution in [0.25, 0.3) is 0 Å². The van der Waals surface area contributed by atoms with Crippen LogP contribution in [-0.4, -0.2) is 11.3 Å². The number of rotatable bonds is 2. The van der Waals surface area contributed by atoms with Crippen LogP contribution in [-0.2, 0) is 4.79 Å². The van der Waals surface area contributed by atoms with Gasteiger partial charge >= 0.3 is 0 Å². The van der Waals surface area contributed by atoms with Gasteiger partial charge in [0.15, 0.2) is 0 Å². The second-order valence-corrected chi connectivity index (χ2v) is 0.913. The van der Waals surface area contributed by atoms with Crippen molar-refractivity contribution in [2.24, 2.45) is 4.40 Å². The van der Waals surface area contributed by atoms with E-state index in [1.807, 2.05) is 0 Å². The van der Waals surface area contributed by atoms with E-state index in [0.29, 0.717) is 12.1 Å². The minimum Gasteiger partial charge on any atom is -0.305 e. The molecular formula is CH2N2O2S. The molecule has 0 radical (unpaired) electrons. The summed E-state index contributed by atoms with van der Waals surface area (Å²) in [5.41, 5.74) is 0. The van der Waals surface area contributed by atoms with Crippen molar-refractivity contribution in [1.82, 2.24) is 4.89 Å². The van der Waals surface area contributed by atoms with Gasteiger partial charge in [-0.05, 0) is 0 Å². The molecule has 0 aromatic carbocycles. The van der Waals surface area contributed by atoms with E-state index in [0.717, 1.165) is 0 Å². The second kappa shape index (κ2) is 4.65. The van der Waals surface area contributed by atoms with E-state index in [1.54, 1.807) is 4.89 Å². The fourth-order valence-electron chi connectivity index (χ4n) is 0.0390. The van der Waals surface area contributed by atoms with E-state index in [1.165, 1.54) is 6.08 Å².